The molecular formula is C41H27N3. The van der Waals surface area contributed by atoms with Crippen LogP contribution in [0.25, 0.3) is 77.4 Å². The Hall–Kier alpha value is -5.93. The van der Waals surface area contributed by atoms with E-state index in [-0.39, 0.29) is 0 Å². The van der Waals surface area contributed by atoms with Crippen molar-refractivity contribution in [1.82, 2.24) is 14.1 Å². The monoisotopic (exact) mass is 561 g/mol. The van der Waals surface area contributed by atoms with Gasteiger partial charge in [0.05, 0.1) is 27.8 Å². The largest absolute Gasteiger partial charge is 0.309 e. The first-order valence-electron chi connectivity index (χ1n) is 15.0. The summed E-state index contributed by atoms with van der Waals surface area (Å²) in [6.45, 7) is 0. The van der Waals surface area contributed by atoms with E-state index in [1.54, 1.807) is 0 Å². The van der Waals surface area contributed by atoms with Crippen LogP contribution < -0.4 is 0 Å². The van der Waals surface area contributed by atoms with Gasteiger partial charge >= 0.3 is 0 Å². The van der Waals surface area contributed by atoms with E-state index in [1.807, 2.05) is 6.20 Å². The minimum absolute atomic E-state index is 1.00. The number of nitrogens with zero attached hydrogens (tertiary/aromatic N) is 3. The smallest absolute Gasteiger partial charge is 0.0809 e. The third kappa shape index (κ3) is 3.66. The van der Waals surface area contributed by atoms with E-state index in [0.717, 1.165) is 28.1 Å². The zero-order valence-electron chi connectivity index (χ0n) is 23.9. The second-order valence-electron chi connectivity index (χ2n) is 11.2. The molecule has 0 aliphatic heterocycles. The van der Waals surface area contributed by atoms with Crippen LogP contribution in [0.2, 0.25) is 0 Å². The Morgan fingerprint density at radius 3 is 1.59 bits per heavy atom. The summed E-state index contributed by atoms with van der Waals surface area (Å²) in [6, 6.07) is 56.2. The van der Waals surface area contributed by atoms with Crippen molar-refractivity contribution >= 4 is 43.6 Å². The van der Waals surface area contributed by atoms with Crippen molar-refractivity contribution in [2.24, 2.45) is 0 Å². The number of fused-ring (bicyclic) bond motifs is 6. The van der Waals surface area contributed by atoms with Gasteiger partial charge < -0.3 is 9.13 Å². The Bertz CT molecular complexity index is 2470. The van der Waals surface area contributed by atoms with Crippen molar-refractivity contribution in [2.75, 3.05) is 0 Å². The standard InChI is InChI=1S/C41H27N3/c1-3-12-28(13-4-1)29-22-24-31(25-23-29)44-35-19-9-7-16-32(35)39-34(18-11-21-37(39)44)41-40-33-17-8-10-20-36(33)43(38(40)26-27-42-41)30-14-5-2-6-15-30/h1-27H. The van der Waals surface area contributed by atoms with Crippen molar-refractivity contribution in [3.05, 3.63) is 164 Å². The Labute approximate surface area is 254 Å². The molecule has 6 aromatic carbocycles. The number of aromatic nitrogens is 3. The summed E-state index contributed by atoms with van der Waals surface area (Å²) in [6.07, 6.45) is 1.95. The van der Waals surface area contributed by atoms with Crippen LogP contribution in [0.3, 0.4) is 0 Å². The van der Waals surface area contributed by atoms with E-state index in [2.05, 4.69) is 167 Å². The second kappa shape index (κ2) is 9.82. The third-order valence-corrected chi connectivity index (χ3v) is 8.78. The molecule has 0 radical (unpaired) electrons. The normalized spacial score (nSPS) is 11.6. The third-order valence-electron chi connectivity index (χ3n) is 8.78. The molecule has 0 spiro atoms. The van der Waals surface area contributed by atoms with Crippen LogP contribution in [-0.2, 0) is 0 Å². The lowest BCUT2D eigenvalue weighted by molar-refractivity contribution is 1.17. The Morgan fingerprint density at radius 2 is 0.886 bits per heavy atom. The molecule has 3 nitrogen and oxygen atoms in total. The zero-order chi connectivity index (χ0) is 29.0. The maximum atomic E-state index is 5.10. The molecule has 3 aromatic heterocycles. The molecule has 9 rings (SSSR count). The van der Waals surface area contributed by atoms with Crippen LogP contribution in [0.1, 0.15) is 0 Å². The SMILES string of the molecule is c1ccc(-c2ccc(-n3c4ccccc4c4c(-c5nccc6c5c5ccccc5n6-c5ccccc5)cccc43)cc2)cc1. The minimum Gasteiger partial charge on any atom is -0.309 e. The van der Waals surface area contributed by atoms with Crippen LogP contribution >= 0.6 is 0 Å². The molecule has 3 heteroatoms. The summed E-state index contributed by atoms with van der Waals surface area (Å²) >= 11 is 0. The molecule has 44 heavy (non-hydrogen) atoms. The maximum Gasteiger partial charge on any atom is 0.0809 e. The van der Waals surface area contributed by atoms with Crippen molar-refractivity contribution < 1.29 is 0 Å². The van der Waals surface area contributed by atoms with Gasteiger partial charge in [0.15, 0.2) is 0 Å². The van der Waals surface area contributed by atoms with Crippen LogP contribution in [0, 0.1) is 0 Å². The van der Waals surface area contributed by atoms with Crippen molar-refractivity contribution in [3.8, 4) is 33.8 Å². The lowest BCUT2D eigenvalue weighted by atomic mass is 10.00. The molecule has 0 fully saturated rings. The van der Waals surface area contributed by atoms with Gasteiger partial charge in [-0.15, -0.1) is 0 Å². The highest BCUT2D eigenvalue weighted by Crippen LogP contribution is 2.42. The predicted octanol–water partition coefficient (Wildman–Crippen LogP) is 10.6. The van der Waals surface area contributed by atoms with Gasteiger partial charge in [-0.25, -0.2) is 0 Å². The van der Waals surface area contributed by atoms with Gasteiger partial charge in [0.25, 0.3) is 0 Å². The minimum atomic E-state index is 1.00. The molecule has 0 saturated carbocycles. The number of benzene rings is 6. The van der Waals surface area contributed by atoms with Crippen LogP contribution in [0.5, 0.6) is 0 Å². The molecule has 0 atom stereocenters. The second-order valence-corrected chi connectivity index (χ2v) is 11.2. The summed E-state index contributed by atoms with van der Waals surface area (Å²) in [5.41, 5.74) is 11.5. The number of para-hydroxylation sites is 3. The fraction of sp³-hybridized carbons (Fsp3) is 0. The van der Waals surface area contributed by atoms with Crippen molar-refractivity contribution in [3.63, 3.8) is 0 Å². The average molecular weight is 562 g/mol. The maximum absolute atomic E-state index is 5.10. The van der Waals surface area contributed by atoms with Gasteiger partial charge in [0.2, 0.25) is 0 Å². The average Bonchev–Trinajstić information content (AvgIpc) is 3.62. The van der Waals surface area contributed by atoms with Gasteiger partial charge in [0, 0.05) is 44.7 Å². The van der Waals surface area contributed by atoms with Gasteiger partial charge in [-0.2, -0.15) is 0 Å². The number of hydrogen-bond acceptors (Lipinski definition) is 1. The Balaban J connectivity index is 1.32. The lowest BCUT2D eigenvalue weighted by Crippen LogP contribution is -1.94. The molecule has 0 N–H and O–H groups in total. The highest BCUT2D eigenvalue weighted by Gasteiger charge is 2.21. The van der Waals surface area contributed by atoms with Crippen molar-refractivity contribution in [1.29, 1.82) is 0 Å². The molecule has 0 aliphatic rings. The van der Waals surface area contributed by atoms with E-state index in [0.29, 0.717) is 0 Å². The molecular weight excluding hydrogens is 534 g/mol. The number of rotatable bonds is 4. The summed E-state index contributed by atoms with van der Waals surface area (Å²) < 4.78 is 4.74. The van der Waals surface area contributed by atoms with E-state index in [9.17, 15) is 0 Å². The Morgan fingerprint density at radius 1 is 0.364 bits per heavy atom. The molecule has 3 heterocycles. The molecule has 0 amide bonds. The number of hydrogen-bond donors (Lipinski definition) is 0. The predicted molar refractivity (Wildman–Crippen MR) is 184 cm³/mol. The first-order chi connectivity index (χ1) is 21.9. The summed E-state index contributed by atoms with van der Waals surface area (Å²) in [4.78, 5) is 5.10. The fourth-order valence-corrected chi connectivity index (χ4v) is 6.90. The van der Waals surface area contributed by atoms with E-state index in [4.69, 9.17) is 4.98 Å². The topological polar surface area (TPSA) is 22.8 Å². The van der Waals surface area contributed by atoms with E-state index >= 15 is 0 Å². The van der Waals surface area contributed by atoms with Crippen LogP contribution in [-0.4, -0.2) is 14.1 Å². The van der Waals surface area contributed by atoms with Crippen LogP contribution in [0.15, 0.2) is 164 Å². The van der Waals surface area contributed by atoms with Gasteiger partial charge in [-0.05, 0) is 59.7 Å². The van der Waals surface area contributed by atoms with E-state index in [1.165, 1.54) is 49.2 Å². The summed E-state index contributed by atoms with van der Waals surface area (Å²) in [5.74, 6) is 0. The molecule has 0 aliphatic carbocycles. The quantitative estimate of drug-likeness (QED) is 0.210. The fourth-order valence-electron chi connectivity index (χ4n) is 6.90. The number of pyridine rings is 1. The molecule has 0 saturated heterocycles. The molecule has 0 unspecified atom stereocenters. The molecule has 9 aromatic rings. The molecule has 206 valence electrons. The summed E-state index contributed by atoms with van der Waals surface area (Å²) in [7, 11) is 0. The van der Waals surface area contributed by atoms with Gasteiger partial charge in [-0.3, -0.25) is 4.98 Å². The first kappa shape index (κ1) is 24.6. The van der Waals surface area contributed by atoms with Gasteiger partial charge in [0.1, 0.15) is 0 Å². The highest BCUT2D eigenvalue weighted by atomic mass is 15.0. The van der Waals surface area contributed by atoms with Crippen molar-refractivity contribution in [2.45, 2.75) is 0 Å². The summed E-state index contributed by atoms with van der Waals surface area (Å²) in [5, 5.41) is 4.80. The van der Waals surface area contributed by atoms with Crippen LogP contribution in [0.4, 0.5) is 0 Å². The Kier molecular flexibility index (Phi) is 5.50. The van der Waals surface area contributed by atoms with E-state index < -0.39 is 0 Å². The highest BCUT2D eigenvalue weighted by molar-refractivity contribution is 6.21. The molecule has 0 bridgehead atoms. The zero-order valence-corrected chi connectivity index (χ0v) is 23.9. The van der Waals surface area contributed by atoms with Gasteiger partial charge in [-0.1, -0.05) is 109 Å². The first-order valence-corrected chi connectivity index (χ1v) is 15.0. The lowest BCUT2D eigenvalue weighted by Gasteiger charge is -2.11.